The van der Waals surface area contributed by atoms with Crippen molar-refractivity contribution >= 4 is 23.6 Å². The van der Waals surface area contributed by atoms with Crippen LogP contribution in [0.4, 0.5) is 0 Å². The van der Waals surface area contributed by atoms with Crippen LogP contribution in [-0.2, 0) is 28.3 Å². The highest BCUT2D eigenvalue weighted by molar-refractivity contribution is 7.99. The first-order chi connectivity index (χ1) is 16.6. The Kier molecular flexibility index (Phi) is 10.2. The molecule has 3 aromatic rings. The molecule has 34 heavy (non-hydrogen) atoms. The Bertz CT molecular complexity index is 1040. The lowest BCUT2D eigenvalue weighted by Crippen LogP contribution is -2.51. The Labute approximate surface area is 207 Å². The van der Waals surface area contributed by atoms with Crippen LogP contribution in [0.5, 0.6) is 0 Å². The number of amides is 2. The van der Waals surface area contributed by atoms with Crippen LogP contribution < -0.4 is 5.32 Å². The van der Waals surface area contributed by atoms with Gasteiger partial charge in [-0.2, -0.15) is 0 Å². The van der Waals surface area contributed by atoms with E-state index in [1.807, 2.05) is 86.6 Å². The van der Waals surface area contributed by atoms with Crippen molar-refractivity contribution in [2.24, 2.45) is 0 Å². The van der Waals surface area contributed by atoms with Gasteiger partial charge in [-0.05, 0) is 35.6 Å². The van der Waals surface area contributed by atoms with Crippen molar-refractivity contribution in [3.05, 3.63) is 107 Å². The molecular weight excluding hydrogens is 440 g/mol. The first kappa shape index (κ1) is 25.6. The molecule has 0 radical (unpaired) electrons. The third-order valence-electron chi connectivity index (χ3n) is 5.76. The molecule has 0 unspecified atom stereocenters. The summed E-state index contributed by atoms with van der Waals surface area (Å²) >= 11 is 1.59. The lowest BCUT2D eigenvalue weighted by molar-refractivity contribution is -0.139. The molecule has 0 saturated carbocycles. The van der Waals surface area contributed by atoms with Gasteiger partial charge in [-0.3, -0.25) is 9.59 Å². The molecule has 2 amide bonds. The molecule has 5 heteroatoms. The summed E-state index contributed by atoms with van der Waals surface area (Å²) in [6.45, 7) is 5.09. The van der Waals surface area contributed by atoms with Gasteiger partial charge in [0.2, 0.25) is 11.8 Å². The van der Waals surface area contributed by atoms with Gasteiger partial charge in [0.15, 0.2) is 0 Å². The predicted molar refractivity (Wildman–Crippen MR) is 142 cm³/mol. The van der Waals surface area contributed by atoms with Gasteiger partial charge in [-0.25, -0.2) is 0 Å². The van der Waals surface area contributed by atoms with Crippen LogP contribution in [0, 0.1) is 6.92 Å². The lowest BCUT2D eigenvalue weighted by Gasteiger charge is -2.32. The maximum Gasteiger partial charge on any atom is 0.243 e. The van der Waals surface area contributed by atoms with E-state index >= 15 is 0 Å². The summed E-state index contributed by atoms with van der Waals surface area (Å²) in [6, 6.07) is 27.6. The van der Waals surface area contributed by atoms with Gasteiger partial charge in [0, 0.05) is 25.3 Å². The summed E-state index contributed by atoms with van der Waals surface area (Å²) in [5, 5.41) is 3.03. The van der Waals surface area contributed by atoms with Crippen LogP contribution in [0.1, 0.15) is 35.6 Å². The van der Waals surface area contributed by atoms with Gasteiger partial charge in [-0.15, -0.1) is 11.8 Å². The smallest absolute Gasteiger partial charge is 0.243 e. The zero-order valence-corrected chi connectivity index (χ0v) is 20.9. The quantitative estimate of drug-likeness (QED) is 0.383. The molecule has 3 rings (SSSR count). The van der Waals surface area contributed by atoms with Crippen LogP contribution in [0.2, 0.25) is 0 Å². The minimum absolute atomic E-state index is 0.0169. The van der Waals surface area contributed by atoms with Crippen LogP contribution in [-0.4, -0.2) is 35.1 Å². The zero-order valence-electron chi connectivity index (χ0n) is 20.1. The lowest BCUT2D eigenvalue weighted by atomic mass is 10.0. The number of hydrogen-bond donors (Lipinski definition) is 1. The van der Waals surface area contributed by atoms with Crippen molar-refractivity contribution in [2.75, 3.05) is 12.3 Å². The van der Waals surface area contributed by atoms with Gasteiger partial charge in [0.05, 0.1) is 5.75 Å². The Hall–Kier alpha value is -3.05. The molecule has 0 fully saturated rings. The zero-order chi connectivity index (χ0) is 24.2. The van der Waals surface area contributed by atoms with E-state index in [9.17, 15) is 9.59 Å². The SMILES string of the molecule is CCCNC(=O)[C@H](Cc1ccccc1)N(Cc1ccccc1C)C(=O)CSCc1ccccc1. The number of nitrogens with one attached hydrogen (secondary N) is 1. The van der Waals surface area contributed by atoms with E-state index in [1.165, 1.54) is 5.56 Å². The number of benzene rings is 3. The fourth-order valence-corrected chi connectivity index (χ4v) is 4.67. The molecule has 0 aromatic heterocycles. The van der Waals surface area contributed by atoms with Crippen LogP contribution in [0.3, 0.4) is 0 Å². The van der Waals surface area contributed by atoms with Crippen molar-refractivity contribution in [1.29, 1.82) is 0 Å². The molecule has 0 heterocycles. The molecule has 3 aromatic carbocycles. The Balaban J connectivity index is 1.84. The second-order valence-electron chi connectivity index (χ2n) is 8.42. The summed E-state index contributed by atoms with van der Waals surface area (Å²) in [4.78, 5) is 28.7. The molecule has 0 spiro atoms. The average Bonchev–Trinajstić information content (AvgIpc) is 2.87. The van der Waals surface area contributed by atoms with E-state index in [2.05, 4.69) is 17.4 Å². The summed E-state index contributed by atoms with van der Waals surface area (Å²) in [6.07, 6.45) is 1.33. The van der Waals surface area contributed by atoms with E-state index in [0.29, 0.717) is 25.3 Å². The molecule has 1 atom stereocenters. The highest BCUT2D eigenvalue weighted by Crippen LogP contribution is 2.19. The standard InChI is InChI=1S/C29H34N2O2S/c1-3-18-30-29(33)27(19-24-13-6-4-7-14-24)31(20-26-17-11-10-12-23(26)2)28(32)22-34-21-25-15-8-5-9-16-25/h4-17,27H,3,18-22H2,1-2H3,(H,30,33)/t27-/m0/s1. The van der Waals surface area contributed by atoms with Gasteiger partial charge in [0.25, 0.3) is 0 Å². The number of carbonyl (C=O) groups is 2. The number of hydrogen-bond acceptors (Lipinski definition) is 3. The fourth-order valence-electron chi connectivity index (χ4n) is 3.80. The van der Waals surface area contributed by atoms with Gasteiger partial charge < -0.3 is 10.2 Å². The van der Waals surface area contributed by atoms with Gasteiger partial charge in [-0.1, -0.05) is 91.9 Å². The van der Waals surface area contributed by atoms with Crippen LogP contribution >= 0.6 is 11.8 Å². The summed E-state index contributed by atoms with van der Waals surface area (Å²) in [7, 11) is 0. The normalized spacial score (nSPS) is 11.6. The molecule has 178 valence electrons. The van der Waals surface area contributed by atoms with Crippen molar-refractivity contribution < 1.29 is 9.59 Å². The second kappa shape index (κ2) is 13.6. The van der Waals surface area contributed by atoms with Crippen LogP contribution in [0.25, 0.3) is 0 Å². The van der Waals surface area contributed by atoms with E-state index < -0.39 is 6.04 Å². The number of nitrogens with zero attached hydrogens (tertiary/aromatic N) is 1. The minimum atomic E-state index is -0.571. The highest BCUT2D eigenvalue weighted by atomic mass is 32.2. The van der Waals surface area contributed by atoms with Crippen molar-refractivity contribution in [3.63, 3.8) is 0 Å². The number of rotatable bonds is 12. The highest BCUT2D eigenvalue weighted by Gasteiger charge is 2.30. The van der Waals surface area contributed by atoms with Crippen molar-refractivity contribution in [3.8, 4) is 0 Å². The molecule has 0 saturated heterocycles. The Morgan fingerprint density at radius 3 is 2.15 bits per heavy atom. The first-order valence-corrected chi connectivity index (χ1v) is 13.0. The molecule has 0 aliphatic carbocycles. The fraction of sp³-hybridized carbons (Fsp3) is 0.310. The molecular formula is C29H34N2O2S. The number of aryl methyl sites for hydroxylation is 1. The average molecular weight is 475 g/mol. The molecule has 0 bridgehead atoms. The topological polar surface area (TPSA) is 49.4 Å². The van der Waals surface area contributed by atoms with E-state index in [-0.39, 0.29) is 11.8 Å². The molecule has 0 aliphatic rings. The van der Waals surface area contributed by atoms with E-state index in [0.717, 1.165) is 28.9 Å². The minimum Gasteiger partial charge on any atom is -0.354 e. The number of thioether (sulfide) groups is 1. The van der Waals surface area contributed by atoms with Gasteiger partial charge >= 0.3 is 0 Å². The monoisotopic (exact) mass is 474 g/mol. The van der Waals surface area contributed by atoms with Crippen LogP contribution in [0.15, 0.2) is 84.9 Å². The van der Waals surface area contributed by atoms with E-state index in [1.54, 1.807) is 16.7 Å². The Morgan fingerprint density at radius 2 is 1.50 bits per heavy atom. The molecule has 1 N–H and O–H groups in total. The summed E-state index contributed by atoms with van der Waals surface area (Å²) in [5.41, 5.74) is 4.40. The summed E-state index contributed by atoms with van der Waals surface area (Å²) in [5.74, 6) is 0.973. The molecule has 0 aliphatic heterocycles. The van der Waals surface area contributed by atoms with Gasteiger partial charge in [0.1, 0.15) is 6.04 Å². The first-order valence-electron chi connectivity index (χ1n) is 11.9. The second-order valence-corrected chi connectivity index (χ2v) is 9.41. The third kappa shape index (κ3) is 7.77. The van der Waals surface area contributed by atoms with Crippen molar-refractivity contribution in [2.45, 2.75) is 45.0 Å². The van der Waals surface area contributed by atoms with E-state index in [4.69, 9.17) is 0 Å². The predicted octanol–water partition coefficient (Wildman–Crippen LogP) is 5.39. The Morgan fingerprint density at radius 1 is 0.882 bits per heavy atom. The van der Waals surface area contributed by atoms with Crippen molar-refractivity contribution in [1.82, 2.24) is 10.2 Å². The molecule has 4 nitrogen and oxygen atoms in total. The third-order valence-corrected chi connectivity index (χ3v) is 6.75. The largest absolute Gasteiger partial charge is 0.354 e. The maximum atomic E-state index is 13.6. The number of carbonyl (C=O) groups excluding carboxylic acids is 2. The maximum absolute atomic E-state index is 13.6. The summed E-state index contributed by atoms with van der Waals surface area (Å²) < 4.78 is 0.